The van der Waals surface area contributed by atoms with Crippen LogP contribution < -0.4 is 0 Å². The molecular weight excluding hydrogens is 172 g/mol. The first kappa shape index (κ1) is 11.2. The minimum atomic E-state index is -0.250. The predicted molar refractivity (Wildman–Crippen MR) is 51.6 cm³/mol. The van der Waals surface area contributed by atoms with Crippen LogP contribution in [0.4, 0.5) is 0 Å². The molecule has 2 nitrogen and oxygen atoms in total. The van der Waals surface area contributed by atoms with Crippen LogP contribution in [-0.2, 0) is 11.2 Å². The molecule has 0 bridgehead atoms. The van der Waals surface area contributed by atoms with Crippen molar-refractivity contribution in [2.75, 3.05) is 0 Å². The molecule has 0 atom stereocenters. The molecule has 1 aromatic rings. The van der Waals surface area contributed by atoms with E-state index < -0.39 is 0 Å². The Hall–Kier alpha value is -0.830. The average Bonchev–Trinajstić information content (AvgIpc) is 2.54. The van der Waals surface area contributed by atoms with E-state index in [4.69, 9.17) is 9.90 Å². The highest BCUT2D eigenvalue weighted by Gasteiger charge is 1.89. The summed E-state index contributed by atoms with van der Waals surface area (Å²) in [6.45, 7) is 1.98. The van der Waals surface area contributed by atoms with Gasteiger partial charge < -0.3 is 5.11 Å². The van der Waals surface area contributed by atoms with E-state index in [0.717, 1.165) is 0 Å². The molecule has 1 heterocycles. The smallest absolute Gasteiger partial charge is 0.290 e. The maximum Gasteiger partial charge on any atom is 0.290 e. The lowest BCUT2D eigenvalue weighted by molar-refractivity contribution is -0.122. The van der Waals surface area contributed by atoms with Crippen LogP contribution in [0.5, 0.6) is 0 Å². The van der Waals surface area contributed by atoms with Crippen LogP contribution in [0.3, 0.4) is 0 Å². The SMILES string of the molecule is CCCCc1cccs1.O=CO. The minimum Gasteiger partial charge on any atom is -0.483 e. The van der Waals surface area contributed by atoms with Gasteiger partial charge in [-0.2, -0.15) is 0 Å². The van der Waals surface area contributed by atoms with E-state index in [1.807, 2.05) is 11.3 Å². The predicted octanol–water partition coefficient (Wildman–Crippen LogP) is 2.79. The third kappa shape index (κ3) is 5.92. The molecule has 0 fully saturated rings. The Morgan fingerprint density at radius 2 is 2.33 bits per heavy atom. The summed E-state index contributed by atoms with van der Waals surface area (Å²) in [5.41, 5.74) is 0. The monoisotopic (exact) mass is 186 g/mol. The molecule has 0 spiro atoms. The minimum absolute atomic E-state index is 0.250. The summed E-state index contributed by atoms with van der Waals surface area (Å²) in [5, 5.41) is 9.03. The van der Waals surface area contributed by atoms with Gasteiger partial charge in [0, 0.05) is 4.88 Å². The first-order valence-electron chi connectivity index (χ1n) is 3.95. The maximum atomic E-state index is 8.36. The molecule has 0 aliphatic heterocycles. The number of carbonyl (C=O) groups is 1. The zero-order valence-corrected chi connectivity index (χ0v) is 8.01. The van der Waals surface area contributed by atoms with Crippen molar-refractivity contribution in [2.45, 2.75) is 26.2 Å². The summed E-state index contributed by atoms with van der Waals surface area (Å²) < 4.78 is 0. The van der Waals surface area contributed by atoms with Gasteiger partial charge in [0.2, 0.25) is 0 Å². The van der Waals surface area contributed by atoms with Gasteiger partial charge in [-0.1, -0.05) is 19.4 Å². The van der Waals surface area contributed by atoms with Crippen LogP contribution in [0.15, 0.2) is 17.5 Å². The van der Waals surface area contributed by atoms with E-state index in [-0.39, 0.29) is 6.47 Å². The maximum absolute atomic E-state index is 8.36. The Morgan fingerprint density at radius 1 is 1.67 bits per heavy atom. The lowest BCUT2D eigenvalue weighted by atomic mass is 10.2. The number of rotatable bonds is 3. The molecule has 0 unspecified atom stereocenters. The second-order valence-corrected chi connectivity index (χ2v) is 3.32. The third-order valence-corrected chi connectivity index (χ3v) is 2.29. The summed E-state index contributed by atoms with van der Waals surface area (Å²) >= 11 is 1.86. The summed E-state index contributed by atoms with van der Waals surface area (Å²) in [6.07, 6.45) is 3.91. The highest BCUT2D eigenvalue weighted by molar-refractivity contribution is 7.09. The summed E-state index contributed by atoms with van der Waals surface area (Å²) in [7, 11) is 0. The van der Waals surface area contributed by atoms with Gasteiger partial charge in [0.1, 0.15) is 0 Å². The molecule has 12 heavy (non-hydrogen) atoms. The Bertz CT molecular complexity index is 182. The van der Waals surface area contributed by atoms with Gasteiger partial charge >= 0.3 is 0 Å². The lowest BCUT2D eigenvalue weighted by Gasteiger charge is -1.90. The molecule has 0 saturated heterocycles. The van der Waals surface area contributed by atoms with Crippen molar-refractivity contribution < 1.29 is 9.90 Å². The van der Waals surface area contributed by atoms with Crippen LogP contribution in [0.1, 0.15) is 24.6 Å². The fourth-order valence-electron chi connectivity index (χ4n) is 0.806. The molecule has 0 aliphatic carbocycles. The van der Waals surface area contributed by atoms with Crippen molar-refractivity contribution >= 4 is 17.8 Å². The van der Waals surface area contributed by atoms with Gasteiger partial charge in [-0.25, -0.2) is 0 Å². The van der Waals surface area contributed by atoms with Gasteiger partial charge in [-0.15, -0.1) is 11.3 Å². The quantitative estimate of drug-likeness (QED) is 0.737. The number of hydrogen-bond acceptors (Lipinski definition) is 2. The second kappa shape index (κ2) is 8.27. The van der Waals surface area contributed by atoms with Gasteiger partial charge in [0.15, 0.2) is 0 Å². The van der Waals surface area contributed by atoms with Gasteiger partial charge in [-0.3, -0.25) is 4.79 Å². The molecule has 0 radical (unpaired) electrons. The topological polar surface area (TPSA) is 37.3 Å². The summed E-state index contributed by atoms with van der Waals surface area (Å²) in [6, 6.07) is 4.33. The molecule has 0 aliphatic rings. The van der Waals surface area contributed by atoms with E-state index in [2.05, 4.69) is 24.4 Å². The van der Waals surface area contributed by atoms with E-state index in [1.165, 1.54) is 24.1 Å². The Balaban J connectivity index is 0.000000354. The van der Waals surface area contributed by atoms with E-state index in [0.29, 0.717) is 0 Å². The highest BCUT2D eigenvalue weighted by Crippen LogP contribution is 2.11. The van der Waals surface area contributed by atoms with Gasteiger partial charge in [0.05, 0.1) is 0 Å². The van der Waals surface area contributed by atoms with E-state index in [1.54, 1.807) is 0 Å². The molecule has 0 amide bonds. The molecule has 3 heteroatoms. The first-order valence-corrected chi connectivity index (χ1v) is 4.83. The molecule has 1 aromatic heterocycles. The number of aryl methyl sites for hydroxylation is 1. The second-order valence-electron chi connectivity index (χ2n) is 2.29. The largest absolute Gasteiger partial charge is 0.483 e. The van der Waals surface area contributed by atoms with E-state index in [9.17, 15) is 0 Å². The third-order valence-electron chi connectivity index (χ3n) is 1.36. The molecule has 1 rings (SSSR count). The number of hydrogen-bond donors (Lipinski definition) is 1. The fourth-order valence-corrected chi connectivity index (χ4v) is 1.56. The number of thiophene rings is 1. The van der Waals surface area contributed by atoms with E-state index >= 15 is 0 Å². The van der Waals surface area contributed by atoms with Crippen LogP contribution in [-0.4, -0.2) is 11.6 Å². The van der Waals surface area contributed by atoms with Crippen LogP contribution >= 0.6 is 11.3 Å². The van der Waals surface area contributed by atoms with Crippen molar-refractivity contribution in [3.63, 3.8) is 0 Å². The van der Waals surface area contributed by atoms with Crippen LogP contribution in [0.25, 0.3) is 0 Å². The average molecular weight is 186 g/mol. The van der Waals surface area contributed by atoms with Crippen molar-refractivity contribution in [3.05, 3.63) is 22.4 Å². The van der Waals surface area contributed by atoms with Crippen molar-refractivity contribution in [1.29, 1.82) is 0 Å². The zero-order chi connectivity index (χ0) is 9.23. The summed E-state index contributed by atoms with van der Waals surface area (Å²) in [5.74, 6) is 0. The summed E-state index contributed by atoms with van der Waals surface area (Å²) in [4.78, 5) is 9.89. The lowest BCUT2D eigenvalue weighted by Crippen LogP contribution is -1.75. The highest BCUT2D eigenvalue weighted by atomic mass is 32.1. The number of unbranched alkanes of at least 4 members (excludes halogenated alkanes) is 1. The van der Waals surface area contributed by atoms with Crippen LogP contribution in [0, 0.1) is 0 Å². The standard InChI is InChI=1S/C8H12S.CH2O2/c1-2-3-5-8-6-4-7-9-8;2-1-3/h4,6-7H,2-3,5H2,1H3;1H,(H,2,3). The Morgan fingerprint density at radius 3 is 2.75 bits per heavy atom. The fraction of sp³-hybridized carbons (Fsp3) is 0.444. The molecule has 0 aromatic carbocycles. The Labute approximate surface area is 76.9 Å². The van der Waals surface area contributed by atoms with Gasteiger partial charge in [-0.05, 0) is 24.3 Å². The zero-order valence-electron chi connectivity index (χ0n) is 7.19. The van der Waals surface area contributed by atoms with Gasteiger partial charge in [0.25, 0.3) is 6.47 Å². The molecule has 68 valence electrons. The van der Waals surface area contributed by atoms with Crippen molar-refractivity contribution in [2.24, 2.45) is 0 Å². The van der Waals surface area contributed by atoms with Crippen LogP contribution in [0.2, 0.25) is 0 Å². The van der Waals surface area contributed by atoms with Crippen molar-refractivity contribution in [1.82, 2.24) is 0 Å². The molecule has 0 saturated carbocycles. The number of carboxylic acid groups (broad SMARTS) is 1. The Kier molecular flexibility index (Phi) is 7.70. The normalized spacial score (nSPS) is 8.42. The van der Waals surface area contributed by atoms with Crippen molar-refractivity contribution in [3.8, 4) is 0 Å². The molecular formula is C9H14O2S. The molecule has 1 N–H and O–H groups in total. The first-order chi connectivity index (χ1) is 5.85.